The Morgan fingerprint density at radius 2 is 1.94 bits per heavy atom. The molecule has 5 heteroatoms. The molecule has 0 saturated carbocycles. The summed E-state index contributed by atoms with van der Waals surface area (Å²) in [5, 5.41) is 0.368. The van der Waals surface area contributed by atoms with E-state index >= 15 is 0 Å². The molecule has 0 aliphatic rings. The highest BCUT2D eigenvalue weighted by atomic mass is 35.5. The third kappa shape index (κ3) is 2.90. The normalized spacial score (nSPS) is 10.1. The first-order valence-electron chi connectivity index (χ1n) is 4.59. The Kier molecular flexibility index (Phi) is 3.31. The van der Waals surface area contributed by atoms with Crippen LogP contribution in [0.4, 0.5) is 4.39 Å². The van der Waals surface area contributed by atoms with E-state index in [0.29, 0.717) is 16.6 Å². The van der Waals surface area contributed by atoms with Gasteiger partial charge in [0, 0.05) is 6.07 Å². The molecule has 82 valence electrons. The zero-order valence-electron chi connectivity index (χ0n) is 8.23. The quantitative estimate of drug-likeness (QED) is 0.772. The zero-order chi connectivity index (χ0) is 11.4. The van der Waals surface area contributed by atoms with E-state index in [1.54, 1.807) is 18.2 Å². The lowest BCUT2D eigenvalue weighted by Gasteiger charge is -2.05. The first-order valence-corrected chi connectivity index (χ1v) is 4.96. The van der Waals surface area contributed by atoms with Crippen LogP contribution < -0.4 is 4.74 Å². The summed E-state index contributed by atoms with van der Waals surface area (Å²) in [6.07, 6.45) is 1.37. The van der Waals surface area contributed by atoms with Crippen LogP contribution in [-0.2, 0) is 6.61 Å². The first kappa shape index (κ1) is 10.8. The fourth-order valence-corrected chi connectivity index (χ4v) is 1.31. The summed E-state index contributed by atoms with van der Waals surface area (Å²) in [5.41, 5.74) is 0.671. The predicted octanol–water partition coefficient (Wildman–Crippen LogP) is 2.85. The predicted molar refractivity (Wildman–Crippen MR) is 57.8 cm³/mol. The van der Waals surface area contributed by atoms with Gasteiger partial charge in [0.2, 0.25) is 0 Å². The Balaban J connectivity index is 1.99. The smallest absolute Gasteiger partial charge is 0.132 e. The van der Waals surface area contributed by atoms with Crippen LogP contribution in [0.2, 0.25) is 5.15 Å². The molecule has 0 unspecified atom stereocenters. The molecular formula is C11H8ClFN2O. The number of hydrogen-bond donors (Lipinski definition) is 0. The van der Waals surface area contributed by atoms with Crippen molar-refractivity contribution in [3.8, 4) is 5.75 Å². The summed E-state index contributed by atoms with van der Waals surface area (Å²) in [4.78, 5) is 7.73. The number of benzene rings is 1. The molecule has 1 aromatic heterocycles. The van der Waals surface area contributed by atoms with Gasteiger partial charge in [-0.3, -0.25) is 0 Å². The van der Waals surface area contributed by atoms with E-state index in [-0.39, 0.29) is 12.4 Å². The topological polar surface area (TPSA) is 35.0 Å². The monoisotopic (exact) mass is 238 g/mol. The van der Waals surface area contributed by atoms with Crippen molar-refractivity contribution in [1.29, 1.82) is 0 Å². The molecule has 0 bridgehead atoms. The van der Waals surface area contributed by atoms with Gasteiger partial charge in [-0.15, -0.1) is 0 Å². The molecule has 0 atom stereocenters. The summed E-state index contributed by atoms with van der Waals surface area (Å²) < 4.78 is 18.0. The van der Waals surface area contributed by atoms with Gasteiger partial charge in [0.15, 0.2) is 0 Å². The van der Waals surface area contributed by atoms with Crippen LogP contribution in [-0.4, -0.2) is 9.97 Å². The maximum Gasteiger partial charge on any atom is 0.132 e. The van der Waals surface area contributed by atoms with Crippen molar-refractivity contribution < 1.29 is 9.13 Å². The van der Waals surface area contributed by atoms with E-state index in [1.165, 1.54) is 18.5 Å². The lowest BCUT2D eigenvalue weighted by Crippen LogP contribution is -1.98. The van der Waals surface area contributed by atoms with Crippen molar-refractivity contribution in [1.82, 2.24) is 9.97 Å². The number of hydrogen-bond acceptors (Lipinski definition) is 3. The van der Waals surface area contributed by atoms with Gasteiger partial charge in [-0.05, 0) is 24.3 Å². The SMILES string of the molecule is Fc1ccc(OCc2cc(Cl)ncn2)cc1. The summed E-state index contributed by atoms with van der Waals surface area (Å²) in [6, 6.07) is 7.39. The van der Waals surface area contributed by atoms with Crippen LogP contribution in [0, 0.1) is 5.82 Å². The number of nitrogens with zero attached hydrogens (tertiary/aromatic N) is 2. The van der Waals surface area contributed by atoms with Crippen LogP contribution >= 0.6 is 11.6 Å². The first-order chi connectivity index (χ1) is 7.74. The third-order valence-corrected chi connectivity index (χ3v) is 2.10. The molecule has 0 amide bonds. The van der Waals surface area contributed by atoms with Crippen LogP contribution in [0.1, 0.15) is 5.69 Å². The van der Waals surface area contributed by atoms with Crippen molar-refractivity contribution in [2.24, 2.45) is 0 Å². The largest absolute Gasteiger partial charge is 0.487 e. The van der Waals surface area contributed by atoms with Crippen LogP contribution in [0.3, 0.4) is 0 Å². The average Bonchev–Trinajstić information content (AvgIpc) is 2.28. The van der Waals surface area contributed by atoms with Gasteiger partial charge in [-0.1, -0.05) is 11.6 Å². The molecule has 2 aromatic rings. The fraction of sp³-hybridized carbons (Fsp3) is 0.0909. The van der Waals surface area contributed by atoms with Gasteiger partial charge in [-0.2, -0.15) is 0 Å². The molecule has 0 aliphatic carbocycles. The molecular weight excluding hydrogens is 231 g/mol. The Morgan fingerprint density at radius 3 is 2.62 bits per heavy atom. The molecule has 1 aromatic carbocycles. The molecule has 2 rings (SSSR count). The van der Waals surface area contributed by atoms with Crippen molar-refractivity contribution >= 4 is 11.6 Å². The second kappa shape index (κ2) is 4.90. The Bertz CT molecular complexity index is 476. The van der Waals surface area contributed by atoms with Gasteiger partial charge < -0.3 is 4.74 Å². The molecule has 3 nitrogen and oxygen atoms in total. The highest BCUT2D eigenvalue weighted by molar-refractivity contribution is 6.29. The highest BCUT2D eigenvalue weighted by Gasteiger charge is 1.99. The minimum absolute atomic E-state index is 0.272. The number of aromatic nitrogens is 2. The molecule has 0 aliphatic heterocycles. The van der Waals surface area contributed by atoms with Crippen molar-refractivity contribution in [3.05, 3.63) is 53.3 Å². The van der Waals surface area contributed by atoms with Gasteiger partial charge >= 0.3 is 0 Å². The van der Waals surface area contributed by atoms with Crippen molar-refractivity contribution in [3.63, 3.8) is 0 Å². The molecule has 1 heterocycles. The standard InChI is InChI=1S/C11H8ClFN2O/c12-11-5-9(14-7-15-11)6-16-10-3-1-8(13)2-4-10/h1-5,7H,6H2. The molecule has 16 heavy (non-hydrogen) atoms. The second-order valence-electron chi connectivity index (χ2n) is 3.07. The number of ether oxygens (including phenoxy) is 1. The van der Waals surface area contributed by atoms with Gasteiger partial charge in [0.1, 0.15) is 29.7 Å². The number of rotatable bonds is 3. The van der Waals surface area contributed by atoms with Crippen LogP contribution in [0.5, 0.6) is 5.75 Å². The third-order valence-electron chi connectivity index (χ3n) is 1.89. The van der Waals surface area contributed by atoms with Crippen molar-refractivity contribution in [2.75, 3.05) is 0 Å². The van der Waals surface area contributed by atoms with E-state index in [0.717, 1.165) is 0 Å². The van der Waals surface area contributed by atoms with E-state index in [2.05, 4.69) is 9.97 Å². The van der Waals surface area contributed by atoms with Crippen LogP contribution in [0.15, 0.2) is 36.7 Å². The molecule has 0 spiro atoms. The highest BCUT2D eigenvalue weighted by Crippen LogP contribution is 2.13. The van der Waals surface area contributed by atoms with E-state index < -0.39 is 0 Å². The Hall–Kier alpha value is -1.68. The maximum atomic E-state index is 12.6. The fourth-order valence-electron chi connectivity index (χ4n) is 1.14. The second-order valence-corrected chi connectivity index (χ2v) is 3.46. The lowest BCUT2D eigenvalue weighted by molar-refractivity contribution is 0.300. The lowest BCUT2D eigenvalue weighted by atomic mass is 10.3. The van der Waals surface area contributed by atoms with Gasteiger partial charge in [0.25, 0.3) is 0 Å². The minimum atomic E-state index is -0.294. The van der Waals surface area contributed by atoms with E-state index in [9.17, 15) is 4.39 Å². The van der Waals surface area contributed by atoms with Gasteiger partial charge in [-0.25, -0.2) is 14.4 Å². The van der Waals surface area contributed by atoms with Crippen LogP contribution in [0.25, 0.3) is 0 Å². The molecule has 0 saturated heterocycles. The molecule has 0 fully saturated rings. The van der Waals surface area contributed by atoms with Crippen molar-refractivity contribution in [2.45, 2.75) is 6.61 Å². The molecule has 0 radical (unpaired) electrons. The summed E-state index contributed by atoms with van der Waals surface area (Å²) in [7, 11) is 0. The minimum Gasteiger partial charge on any atom is -0.487 e. The van der Waals surface area contributed by atoms with E-state index in [4.69, 9.17) is 16.3 Å². The van der Waals surface area contributed by atoms with Gasteiger partial charge in [0.05, 0.1) is 5.69 Å². The van der Waals surface area contributed by atoms with E-state index in [1.807, 2.05) is 0 Å². The maximum absolute atomic E-state index is 12.6. The number of halogens is 2. The summed E-state index contributed by atoms with van der Waals surface area (Å²) >= 11 is 5.69. The Labute approximate surface area is 96.9 Å². The summed E-state index contributed by atoms with van der Waals surface area (Å²) in [5.74, 6) is 0.286. The zero-order valence-corrected chi connectivity index (χ0v) is 8.99. The molecule has 0 N–H and O–H groups in total. The summed E-state index contributed by atoms with van der Waals surface area (Å²) in [6.45, 7) is 0.272. The average molecular weight is 239 g/mol. The Morgan fingerprint density at radius 1 is 1.19 bits per heavy atom.